The minimum atomic E-state index is -1.33. The first-order valence-electron chi connectivity index (χ1n) is 18.4. The van der Waals surface area contributed by atoms with Crippen molar-refractivity contribution in [3.63, 3.8) is 0 Å². The second-order valence-electron chi connectivity index (χ2n) is 13.0. The largest absolute Gasteiger partial charge is 0.544 e. The number of hydrogen-bond donors (Lipinski definition) is 2. The number of aliphatic carboxylic acids is 3. The monoisotopic (exact) mass is 624 g/mol. The molecule has 0 aliphatic rings. The van der Waals surface area contributed by atoms with Crippen LogP contribution in [0.3, 0.4) is 0 Å². The van der Waals surface area contributed by atoms with E-state index in [0.717, 1.165) is 25.7 Å². The van der Waals surface area contributed by atoms with Crippen molar-refractivity contribution in [3.05, 3.63) is 12.2 Å². The number of carboxylic acid groups (broad SMARTS) is 3. The molecule has 7 nitrogen and oxygen atoms in total. The van der Waals surface area contributed by atoms with Gasteiger partial charge in [0.25, 0.3) is 0 Å². The molecular weight excluding hydrogens is 554 g/mol. The Kier molecular flexibility index (Phi) is 26.2. The van der Waals surface area contributed by atoms with Crippen LogP contribution in [0.15, 0.2) is 12.2 Å². The SMILES string of the molecule is CCCCCCCCC/C=C/CCCCCCCCCCC[N+](C(CCC)C(=O)[O-])(C(CCC)C(=O)O)C(CCC)C(=O)O. The number of unbranched alkanes of at least 4 members (excludes halogenated alkanes) is 16. The maximum absolute atomic E-state index is 12.6. The van der Waals surface area contributed by atoms with E-state index in [0.29, 0.717) is 25.7 Å². The zero-order chi connectivity index (χ0) is 33.1. The van der Waals surface area contributed by atoms with Crippen LogP contribution < -0.4 is 5.11 Å². The summed E-state index contributed by atoms with van der Waals surface area (Å²) in [6.45, 7) is 8.07. The molecule has 0 spiro atoms. The predicted octanol–water partition coefficient (Wildman–Crippen LogP) is 8.83. The summed E-state index contributed by atoms with van der Waals surface area (Å²) in [5.41, 5.74) is 0. The Bertz CT molecular complexity index is 707. The third-order valence-corrected chi connectivity index (χ3v) is 9.33. The van der Waals surface area contributed by atoms with E-state index in [4.69, 9.17) is 0 Å². The van der Waals surface area contributed by atoms with Gasteiger partial charge in [0.2, 0.25) is 0 Å². The standard InChI is InChI=1S/C37H69NO6/c1-5-9-10-11-12-13-14-15-16-17-18-19-20-21-22-23-24-25-26-27-31-38(32(28-6-2)35(39)40,33(29-7-3)36(41)42)34(30-8-4)37(43)44/h16-17,32-34H,5-15,18-31H2,1-4H3,(H2-,39,40,41,42,43,44)/b17-16+. The molecule has 44 heavy (non-hydrogen) atoms. The Morgan fingerprint density at radius 3 is 1.20 bits per heavy atom. The van der Waals surface area contributed by atoms with Crippen molar-refractivity contribution in [1.29, 1.82) is 0 Å². The summed E-state index contributed by atoms with van der Waals surface area (Å²) >= 11 is 0. The third-order valence-electron chi connectivity index (χ3n) is 9.33. The van der Waals surface area contributed by atoms with Crippen LogP contribution in [0.1, 0.15) is 182 Å². The first-order chi connectivity index (χ1) is 21.2. The van der Waals surface area contributed by atoms with Crippen LogP contribution in [0.2, 0.25) is 0 Å². The average Bonchev–Trinajstić information content (AvgIpc) is 2.98. The summed E-state index contributed by atoms with van der Waals surface area (Å²) < 4.78 is -0.435. The maximum atomic E-state index is 12.6. The Balaban J connectivity index is 4.75. The van der Waals surface area contributed by atoms with Gasteiger partial charge in [-0.15, -0.1) is 0 Å². The molecule has 0 heterocycles. The van der Waals surface area contributed by atoms with Crippen molar-refractivity contribution in [2.24, 2.45) is 0 Å². The van der Waals surface area contributed by atoms with E-state index in [1.54, 1.807) is 0 Å². The van der Waals surface area contributed by atoms with Crippen LogP contribution in [-0.4, -0.2) is 57.3 Å². The van der Waals surface area contributed by atoms with Crippen molar-refractivity contribution in [3.8, 4) is 0 Å². The van der Waals surface area contributed by atoms with Gasteiger partial charge in [-0.25, -0.2) is 9.59 Å². The molecule has 258 valence electrons. The van der Waals surface area contributed by atoms with Gasteiger partial charge in [0.05, 0.1) is 12.5 Å². The minimum absolute atomic E-state index is 0.207. The van der Waals surface area contributed by atoms with Crippen LogP contribution >= 0.6 is 0 Å². The van der Waals surface area contributed by atoms with E-state index >= 15 is 0 Å². The lowest BCUT2D eigenvalue weighted by Gasteiger charge is -2.52. The molecule has 0 saturated heterocycles. The second-order valence-corrected chi connectivity index (χ2v) is 13.0. The van der Waals surface area contributed by atoms with E-state index in [1.165, 1.54) is 83.5 Å². The summed E-state index contributed by atoms with van der Waals surface area (Å²) in [4.78, 5) is 37.7. The van der Waals surface area contributed by atoms with E-state index < -0.39 is 40.5 Å². The summed E-state index contributed by atoms with van der Waals surface area (Å²) in [5, 5.41) is 33.0. The molecule has 3 unspecified atom stereocenters. The molecule has 0 aliphatic carbocycles. The van der Waals surface area contributed by atoms with Crippen molar-refractivity contribution >= 4 is 17.9 Å². The number of nitrogens with zero attached hydrogens (tertiary/aromatic N) is 1. The van der Waals surface area contributed by atoms with Crippen molar-refractivity contribution in [2.75, 3.05) is 6.54 Å². The number of hydrogen-bond acceptors (Lipinski definition) is 4. The number of rotatable bonds is 32. The molecule has 0 aromatic carbocycles. The molecular formula is C37H69NO6. The van der Waals surface area contributed by atoms with Crippen LogP contribution in [0.25, 0.3) is 0 Å². The molecule has 0 radical (unpaired) electrons. The number of carbonyl (C=O) groups excluding carboxylic acids is 1. The smallest absolute Gasteiger partial charge is 0.362 e. The molecule has 0 fully saturated rings. The molecule has 0 aromatic rings. The lowest BCUT2D eigenvalue weighted by molar-refractivity contribution is -0.975. The maximum Gasteiger partial charge on any atom is 0.362 e. The Morgan fingerprint density at radius 1 is 0.523 bits per heavy atom. The second kappa shape index (κ2) is 27.4. The van der Waals surface area contributed by atoms with E-state index in [2.05, 4.69) is 19.1 Å². The fourth-order valence-electron chi connectivity index (χ4n) is 6.97. The third kappa shape index (κ3) is 17.0. The minimum Gasteiger partial charge on any atom is -0.544 e. The van der Waals surface area contributed by atoms with E-state index in [-0.39, 0.29) is 25.8 Å². The summed E-state index contributed by atoms with van der Waals surface area (Å²) in [6, 6.07) is -3.33. The highest BCUT2D eigenvalue weighted by molar-refractivity contribution is 5.77. The molecule has 0 rings (SSSR count). The number of allylic oxidation sites excluding steroid dienone is 2. The number of carboxylic acids is 3. The van der Waals surface area contributed by atoms with E-state index in [1.807, 2.05) is 20.8 Å². The molecule has 0 amide bonds. The Hall–Kier alpha value is -1.89. The molecule has 0 aliphatic heterocycles. The van der Waals surface area contributed by atoms with Gasteiger partial charge in [0, 0.05) is 19.3 Å². The van der Waals surface area contributed by atoms with Gasteiger partial charge in [-0.05, 0) is 51.4 Å². The Labute approximate surface area is 270 Å². The quantitative estimate of drug-likeness (QED) is 0.0439. The normalized spacial score (nSPS) is 15.2. The molecule has 7 heteroatoms. The summed E-state index contributed by atoms with van der Waals surface area (Å²) in [5.74, 6) is -3.55. The zero-order valence-electron chi connectivity index (χ0n) is 29.0. The lowest BCUT2D eigenvalue weighted by Crippen LogP contribution is -2.74. The van der Waals surface area contributed by atoms with Gasteiger partial charge in [0.15, 0.2) is 12.1 Å². The molecule has 2 N–H and O–H groups in total. The Morgan fingerprint density at radius 2 is 0.864 bits per heavy atom. The van der Waals surface area contributed by atoms with Gasteiger partial charge >= 0.3 is 11.9 Å². The zero-order valence-corrected chi connectivity index (χ0v) is 29.0. The van der Waals surface area contributed by atoms with Gasteiger partial charge in [-0.2, -0.15) is 0 Å². The molecule has 3 atom stereocenters. The summed E-state index contributed by atoms with van der Waals surface area (Å²) in [6.07, 6.45) is 28.5. The first kappa shape index (κ1) is 42.1. The highest BCUT2D eigenvalue weighted by atomic mass is 16.4. The van der Waals surface area contributed by atoms with Crippen LogP contribution in [0.4, 0.5) is 0 Å². The summed E-state index contributed by atoms with van der Waals surface area (Å²) in [7, 11) is 0. The van der Waals surface area contributed by atoms with Crippen LogP contribution in [-0.2, 0) is 14.4 Å². The lowest BCUT2D eigenvalue weighted by atomic mass is 9.91. The van der Waals surface area contributed by atoms with E-state index in [9.17, 15) is 29.7 Å². The van der Waals surface area contributed by atoms with Crippen molar-refractivity contribution in [2.45, 2.75) is 200 Å². The predicted molar refractivity (Wildman–Crippen MR) is 179 cm³/mol. The topological polar surface area (TPSA) is 115 Å². The van der Waals surface area contributed by atoms with Crippen LogP contribution in [0, 0.1) is 0 Å². The van der Waals surface area contributed by atoms with Gasteiger partial charge in [0.1, 0.15) is 6.04 Å². The first-order valence-corrected chi connectivity index (χ1v) is 18.4. The highest BCUT2D eigenvalue weighted by Crippen LogP contribution is 2.34. The van der Waals surface area contributed by atoms with Crippen LogP contribution in [0.5, 0.6) is 0 Å². The number of quaternary nitrogens is 1. The van der Waals surface area contributed by atoms with Crippen molar-refractivity contribution in [1.82, 2.24) is 0 Å². The average molecular weight is 624 g/mol. The van der Waals surface area contributed by atoms with Gasteiger partial charge < -0.3 is 20.1 Å². The fourth-order valence-corrected chi connectivity index (χ4v) is 6.97. The van der Waals surface area contributed by atoms with Gasteiger partial charge in [-0.1, -0.05) is 123 Å². The fraction of sp³-hybridized carbons (Fsp3) is 0.865. The van der Waals surface area contributed by atoms with Crippen molar-refractivity contribution < 1.29 is 34.2 Å². The molecule has 0 bridgehead atoms. The molecule has 0 aromatic heterocycles. The van der Waals surface area contributed by atoms with Gasteiger partial charge in [-0.3, -0.25) is 4.48 Å². The number of carbonyl (C=O) groups is 3. The highest BCUT2D eigenvalue weighted by Gasteiger charge is 2.54. The molecule has 0 saturated carbocycles.